The largest absolute Gasteiger partial charge is 0.744 e. The van der Waals surface area contributed by atoms with Crippen LogP contribution in [0.4, 0.5) is 0 Å². The van der Waals surface area contributed by atoms with Gasteiger partial charge in [-0.2, -0.15) is 0 Å². The molecule has 1 aromatic carbocycles. The lowest BCUT2D eigenvalue weighted by molar-refractivity contribution is -0.897. The van der Waals surface area contributed by atoms with Crippen molar-refractivity contribution >= 4 is 20.2 Å². The summed E-state index contributed by atoms with van der Waals surface area (Å²) in [6, 6.07) is 3.08. The molecule has 0 N–H and O–H groups in total. The summed E-state index contributed by atoms with van der Waals surface area (Å²) in [5, 5.41) is 0. The topological polar surface area (TPSA) is 114 Å². The second-order valence-corrected chi connectivity index (χ2v) is 12.1. The van der Waals surface area contributed by atoms with E-state index < -0.39 is 30.0 Å². The van der Waals surface area contributed by atoms with E-state index in [2.05, 4.69) is 27.9 Å². The zero-order chi connectivity index (χ0) is 24.5. The van der Waals surface area contributed by atoms with E-state index in [0.717, 1.165) is 24.3 Å². The highest BCUT2D eigenvalue weighted by Gasteiger charge is 2.25. The molecule has 32 heavy (non-hydrogen) atoms. The molecule has 1 aromatic rings. The Labute approximate surface area is 194 Å². The highest BCUT2D eigenvalue weighted by Crippen LogP contribution is 2.17. The zero-order valence-electron chi connectivity index (χ0n) is 20.0. The molecule has 0 bridgehead atoms. The van der Waals surface area contributed by atoms with Crippen LogP contribution in [-0.2, 0) is 20.2 Å². The summed E-state index contributed by atoms with van der Waals surface area (Å²) >= 11 is 0. The van der Waals surface area contributed by atoms with Crippen LogP contribution >= 0.6 is 0 Å². The summed E-state index contributed by atoms with van der Waals surface area (Å²) in [6.07, 6.45) is 8.51. The van der Waals surface area contributed by atoms with Gasteiger partial charge in [-0.05, 0) is 37.1 Å². The van der Waals surface area contributed by atoms with Crippen molar-refractivity contribution in [1.82, 2.24) is 0 Å². The summed E-state index contributed by atoms with van der Waals surface area (Å²) < 4.78 is 65.2. The van der Waals surface area contributed by atoms with Gasteiger partial charge < -0.3 is 18.1 Å². The molecule has 0 aliphatic carbocycles. The lowest BCUT2D eigenvalue weighted by Crippen LogP contribution is -2.41. The Morgan fingerprint density at radius 1 is 0.656 bits per heavy atom. The standard InChI is InChI=1S/2C8H18N.C6H6O6S2/c2*1-3-6-9(2)7-4-5-8-9;7-13(8,9)5-1-2-6(4-3-5)14(10,11)12/h2*3-8H2,1-2H3;1-4H,(H,7,8,9)(H,10,11,12)/q2*+1;/p-2. The maximum atomic E-state index is 10.4. The predicted octanol–water partition coefficient (Wildman–Crippen LogP) is 2.77. The van der Waals surface area contributed by atoms with Crippen molar-refractivity contribution in [3.8, 4) is 0 Å². The highest BCUT2D eigenvalue weighted by molar-refractivity contribution is 7.86. The molecule has 0 unspecified atom stereocenters. The lowest BCUT2D eigenvalue weighted by atomic mass is 10.4. The van der Waals surface area contributed by atoms with Crippen LogP contribution in [-0.4, -0.2) is 88.3 Å². The first-order chi connectivity index (χ1) is 14.7. The summed E-state index contributed by atoms with van der Waals surface area (Å²) in [5.74, 6) is 0. The van der Waals surface area contributed by atoms with E-state index in [9.17, 15) is 25.9 Å². The minimum atomic E-state index is -4.61. The Kier molecular flexibility index (Phi) is 11.3. The predicted molar refractivity (Wildman–Crippen MR) is 123 cm³/mol. The number of likely N-dealkylation sites (tertiary alicyclic amines) is 2. The maximum absolute atomic E-state index is 10.4. The van der Waals surface area contributed by atoms with E-state index in [1.807, 2.05) is 0 Å². The first-order valence-corrected chi connectivity index (χ1v) is 14.3. The molecule has 0 atom stereocenters. The van der Waals surface area contributed by atoms with E-state index >= 15 is 0 Å². The third-order valence-corrected chi connectivity index (χ3v) is 7.92. The maximum Gasteiger partial charge on any atom is 0.124 e. The molecule has 2 aliphatic heterocycles. The average molecular weight is 493 g/mol. The SMILES string of the molecule is CCC[N+]1(C)CCCC1.CCC[N+]1(C)CCCC1.O=S(=O)([O-])c1ccc(S(=O)(=O)[O-])cc1. The number of hydrogen-bond acceptors (Lipinski definition) is 6. The molecule has 0 aromatic heterocycles. The van der Waals surface area contributed by atoms with Gasteiger partial charge in [-0.1, -0.05) is 13.8 Å². The summed E-state index contributed by atoms with van der Waals surface area (Å²) in [6.45, 7) is 13.0. The van der Waals surface area contributed by atoms with Crippen molar-refractivity contribution < 1.29 is 34.9 Å². The van der Waals surface area contributed by atoms with Crippen LogP contribution in [0.15, 0.2) is 34.1 Å². The molecule has 2 aliphatic rings. The number of nitrogens with zero attached hydrogens (tertiary/aromatic N) is 2. The van der Waals surface area contributed by atoms with Crippen molar-refractivity contribution in [2.45, 2.75) is 62.2 Å². The molecule has 186 valence electrons. The van der Waals surface area contributed by atoms with Gasteiger partial charge in [-0.3, -0.25) is 0 Å². The van der Waals surface area contributed by atoms with Crippen LogP contribution in [0.25, 0.3) is 0 Å². The molecule has 2 fully saturated rings. The molecular formula is C22H40N2O6S2. The Hall–Kier alpha value is -1.04. The van der Waals surface area contributed by atoms with Gasteiger partial charge in [0.1, 0.15) is 20.2 Å². The third kappa shape index (κ3) is 10.3. The van der Waals surface area contributed by atoms with Gasteiger partial charge in [0, 0.05) is 25.7 Å². The number of quaternary nitrogens is 2. The van der Waals surface area contributed by atoms with Gasteiger partial charge in [0.05, 0.1) is 63.2 Å². The quantitative estimate of drug-likeness (QED) is 0.445. The summed E-state index contributed by atoms with van der Waals surface area (Å²) in [5.41, 5.74) is 0. The Bertz CT molecular complexity index is 812. The molecule has 0 spiro atoms. The summed E-state index contributed by atoms with van der Waals surface area (Å²) in [4.78, 5) is -1.16. The lowest BCUT2D eigenvalue weighted by Gasteiger charge is -2.28. The van der Waals surface area contributed by atoms with Gasteiger partial charge >= 0.3 is 0 Å². The Balaban J connectivity index is 0.000000250. The second-order valence-electron chi connectivity index (χ2n) is 9.37. The van der Waals surface area contributed by atoms with E-state index in [1.54, 1.807) is 0 Å². The van der Waals surface area contributed by atoms with E-state index in [0.29, 0.717) is 0 Å². The smallest absolute Gasteiger partial charge is 0.124 e. The van der Waals surface area contributed by atoms with Crippen molar-refractivity contribution in [1.29, 1.82) is 0 Å². The Morgan fingerprint density at radius 2 is 0.906 bits per heavy atom. The van der Waals surface area contributed by atoms with Gasteiger partial charge in [-0.15, -0.1) is 0 Å². The first kappa shape index (κ1) is 29.0. The van der Waals surface area contributed by atoms with Gasteiger partial charge in [0.25, 0.3) is 0 Å². The van der Waals surface area contributed by atoms with Gasteiger partial charge in [-0.25, -0.2) is 16.8 Å². The minimum absolute atomic E-state index is 0.579. The summed E-state index contributed by atoms with van der Waals surface area (Å²) in [7, 11) is -4.45. The van der Waals surface area contributed by atoms with Gasteiger partial charge in [0.15, 0.2) is 0 Å². The van der Waals surface area contributed by atoms with E-state index in [-0.39, 0.29) is 0 Å². The van der Waals surface area contributed by atoms with E-state index in [1.165, 1.54) is 86.8 Å². The molecule has 8 nitrogen and oxygen atoms in total. The number of hydrogen-bond donors (Lipinski definition) is 0. The third-order valence-electron chi connectivity index (χ3n) is 6.22. The van der Waals surface area contributed by atoms with Crippen LogP contribution in [0.3, 0.4) is 0 Å². The fraction of sp³-hybridized carbons (Fsp3) is 0.727. The van der Waals surface area contributed by atoms with Crippen LogP contribution in [0.2, 0.25) is 0 Å². The fourth-order valence-corrected chi connectivity index (χ4v) is 5.44. The molecule has 3 rings (SSSR count). The van der Waals surface area contributed by atoms with Crippen LogP contribution in [0, 0.1) is 0 Å². The highest BCUT2D eigenvalue weighted by atomic mass is 32.2. The molecule has 0 saturated carbocycles. The van der Waals surface area contributed by atoms with Crippen molar-refractivity contribution in [2.24, 2.45) is 0 Å². The van der Waals surface area contributed by atoms with Gasteiger partial charge in [0.2, 0.25) is 0 Å². The minimum Gasteiger partial charge on any atom is -0.744 e. The molecule has 2 heterocycles. The van der Waals surface area contributed by atoms with E-state index in [4.69, 9.17) is 0 Å². The molecular weight excluding hydrogens is 452 g/mol. The van der Waals surface area contributed by atoms with Crippen LogP contribution in [0.5, 0.6) is 0 Å². The van der Waals surface area contributed by atoms with Crippen LogP contribution in [0.1, 0.15) is 52.4 Å². The number of rotatable bonds is 6. The monoisotopic (exact) mass is 492 g/mol. The van der Waals surface area contributed by atoms with Crippen molar-refractivity contribution in [3.63, 3.8) is 0 Å². The average Bonchev–Trinajstić information content (AvgIpc) is 3.31. The number of benzene rings is 1. The normalized spacial score (nSPS) is 19.4. The Morgan fingerprint density at radius 3 is 1.09 bits per heavy atom. The van der Waals surface area contributed by atoms with Crippen molar-refractivity contribution in [2.75, 3.05) is 53.4 Å². The first-order valence-electron chi connectivity index (χ1n) is 11.4. The zero-order valence-corrected chi connectivity index (χ0v) is 21.6. The fourth-order valence-electron chi connectivity index (χ4n) is 4.50. The molecule has 0 amide bonds. The van der Waals surface area contributed by atoms with Crippen LogP contribution < -0.4 is 0 Å². The second kappa shape index (κ2) is 12.4. The molecule has 10 heteroatoms. The van der Waals surface area contributed by atoms with Crippen molar-refractivity contribution in [3.05, 3.63) is 24.3 Å². The molecule has 2 saturated heterocycles. The molecule has 0 radical (unpaired) electrons.